The molecule has 0 atom stereocenters. The summed E-state index contributed by atoms with van der Waals surface area (Å²) in [5.41, 5.74) is 0.502. The summed E-state index contributed by atoms with van der Waals surface area (Å²) in [6.45, 7) is 2.77. The Labute approximate surface area is 137 Å². The molecule has 0 saturated carbocycles. The molecule has 2 amide bonds. The van der Waals surface area contributed by atoms with Gasteiger partial charge in [-0.2, -0.15) is 0 Å². The maximum absolute atomic E-state index is 12.2. The third-order valence-corrected chi connectivity index (χ3v) is 4.10. The van der Waals surface area contributed by atoms with Crippen molar-refractivity contribution in [3.8, 4) is 0 Å². The van der Waals surface area contributed by atoms with Crippen molar-refractivity contribution in [3.05, 3.63) is 45.9 Å². The first-order chi connectivity index (χ1) is 10.6. The van der Waals surface area contributed by atoms with Gasteiger partial charge in [-0.05, 0) is 25.1 Å². The molecule has 2 rings (SSSR count). The molecular weight excluding hydrogens is 322 g/mol. The summed E-state index contributed by atoms with van der Waals surface area (Å²) in [4.78, 5) is 29.9. The number of carbonyl (C=O) groups is 2. The van der Waals surface area contributed by atoms with E-state index in [-0.39, 0.29) is 0 Å². The van der Waals surface area contributed by atoms with E-state index in [9.17, 15) is 9.59 Å². The largest absolute Gasteiger partial charge is 0.334 e. The smallest absolute Gasteiger partial charge is 0.313 e. The second-order valence-corrected chi connectivity index (χ2v) is 5.94. The second kappa shape index (κ2) is 7.91. The van der Waals surface area contributed by atoms with Gasteiger partial charge in [0.1, 0.15) is 0 Å². The number of anilines is 1. The topological polar surface area (TPSA) is 62.3 Å². The molecule has 2 aromatic rings. The molecule has 1 aromatic heterocycles. The highest BCUT2D eigenvalue weighted by Crippen LogP contribution is 2.15. The van der Waals surface area contributed by atoms with E-state index in [2.05, 4.69) is 10.3 Å². The van der Waals surface area contributed by atoms with Gasteiger partial charge in [0.2, 0.25) is 0 Å². The van der Waals surface area contributed by atoms with Crippen LogP contribution in [0.1, 0.15) is 11.9 Å². The van der Waals surface area contributed by atoms with Crippen LogP contribution in [0.4, 0.5) is 5.69 Å². The molecule has 0 aliphatic heterocycles. The number of nitrogens with zero attached hydrogens (tertiary/aromatic N) is 2. The van der Waals surface area contributed by atoms with Crippen LogP contribution in [0.5, 0.6) is 0 Å². The Morgan fingerprint density at radius 3 is 2.86 bits per heavy atom. The maximum atomic E-state index is 12.2. The van der Waals surface area contributed by atoms with Crippen LogP contribution in [0.3, 0.4) is 0 Å². The minimum Gasteiger partial charge on any atom is -0.334 e. The number of carbonyl (C=O) groups excluding carboxylic acids is 2. The van der Waals surface area contributed by atoms with E-state index in [1.165, 1.54) is 16.2 Å². The van der Waals surface area contributed by atoms with Crippen molar-refractivity contribution >= 4 is 40.4 Å². The van der Waals surface area contributed by atoms with E-state index >= 15 is 0 Å². The van der Waals surface area contributed by atoms with E-state index in [4.69, 9.17) is 11.6 Å². The Morgan fingerprint density at radius 1 is 1.41 bits per heavy atom. The van der Waals surface area contributed by atoms with E-state index in [0.717, 1.165) is 5.01 Å². The number of thiazole rings is 1. The van der Waals surface area contributed by atoms with E-state index in [0.29, 0.717) is 30.2 Å². The van der Waals surface area contributed by atoms with E-state index in [1.54, 1.807) is 30.5 Å². The summed E-state index contributed by atoms with van der Waals surface area (Å²) in [5, 5.41) is 5.90. The Hall–Kier alpha value is -1.92. The van der Waals surface area contributed by atoms with Crippen LogP contribution in [0, 0.1) is 0 Å². The van der Waals surface area contributed by atoms with Crippen LogP contribution in [0.25, 0.3) is 0 Å². The monoisotopic (exact) mass is 337 g/mol. The molecule has 0 radical (unpaired) electrons. The van der Waals surface area contributed by atoms with Crippen molar-refractivity contribution in [2.75, 3.05) is 18.4 Å². The Kier molecular flexibility index (Phi) is 5.91. The zero-order chi connectivity index (χ0) is 15.9. The maximum Gasteiger partial charge on any atom is 0.313 e. The number of hydrogen-bond donors (Lipinski definition) is 1. The predicted molar refractivity (Wildman–Crippen MR) is 88.2 cm³/mol. The van der Waals surface area contributed by atoms with Crippen molar-refractivity contribution in [2.45, 2.75) is 13.3 Å². The highest BCUT2D eigenvalue weighted by Gasteiger charge is 2.20. The molecule has 1 heterocycles. The molecule has 0 aliphatic carbocycles. The van der Waals surface area contributed by atoms with Gasteiger partial charge in [0.05, 0.1) is 5.01 Å². The van der Waals surface area contributed by atoms with Crippen molar-refractivity contribution in [2.24, 2.45) is 0 Å². The lowest BCUT2D eigenvalue weighted by molar-refractivity contribution is -0.143. The van der Waals surface area contributed by atoms with E-state index in [1.807, 2.05) is 12.3 Å². The first kappa shape index (κ1) is 16.5. The van der Waals surface area contributed by atoms with Crippen LogP contribution < -0.4 is 5.32 Å². The van der Waals surface area contributed by atoms with Gasteiger partial charge >= 0.3 is 11.8 Å². The van der Waals surface area contributed by atoms with Gasteiger partial charge in [0.25, 0.3) is 0 Å². The first-order valence-corrected chi connectivity index (χ1v) is 8.10. The molecule has 5 nitrogen and oxygen atoms in total. The van der Waals surface area contributed by atoms with Crippen molar-refractivity contribution in [1.82, 2.24) is 9.88 Å². The normalized spacial score (nSPS) is 10.3. The molecule has 0 saturated heterocycles. The number of aromatic nitrogens is 1. The van der Waals surface area contributed by atoms with Crippen molar-refractivity contribution in [1.29, 1.82) is 0 Å². The fourth-order valence-electron chi connectivity index (χ4n) is 1.90. The SMILES string of the molecule is CCN(CCc1nccs1)C(=O)C(=O)Nc1cccc(Cl)c1. The second-order valence-electron chi connectivity index (χ2n) is 4.53. The number of halogens is 1. The number of hydrogen-bond acceptors (Lipinski definition) is 4. The lowest BCUT2D eigenvalue weighted by Crippen LogP contribution is -2.40. The summed E-state index contributed by atoms with van der Waals surface area (Å²) in [6, 6.07) is 6.69. The fourth-order valence-corrected chi connectivity index (χ4v) is 2.70. The summed E-state index contributed by atoms with van der Waals surface area (Å²) in [6.07, 6.45) is 2.37. The molecule has 0 aliphatic rings. The number of benzene rings is 1. The lowest BCUT2D eigenvalue weighted by atomic mass is 10.3. The van der Waals surface area contributed by atoms with Gasteiger partial charge in [0.15, 0.2) is 0 Å². The van der Waals surface area contributed by atoms with Gasteiger partial charge in [0, 0.05) is 41.8 Å². The highest BCUT2D eigenvalue weighted by atomic mass is 35.5. The minimum absolute atomic E-state index is 0.464. The first-order valence-electron chi connectivity index (χ1n) is 6.84. The fraction of sp³-hybridized carbons (Fsp3) is 0.267. The van der Waals surface area contributed by atoms with Crippen LogP contribution in [0.2, 0.25) is 5.02 Å². The average molecular weight is 338 g/mol. The molecule has 1 N–H and O–H groups in total. The molecule has 0 fully saturated rings. The average Bonchev–Trinajstić information content (AvgIpc) is 3.01. The van der Waals surface area contributed by atoms with Crippen molar-refractivity contribution < 1.29 is 9.59 Å². The Balaban J connectivity index is 1.93. The summed E-state index contributed by atoms with van der Waals surface area (Å²) in [5.74, 6) is -1.22. The van der Waals surface area contributed by atoms with Gasteiger partial charge < -0.3 is 10.2 Å². The molecular formula is C15H16ClN3O2S. The number of likely N-dealkylation sites (N-methyl/N-ethyl adjacent to an activating group) is 1. The molecule has 0 spiro atoms. The summed E-state index contributed by atoms with van der Waals surface area (Å²) >= 11 is 7.39. The van der Waals surface area contributed by atoms with Gasteiger partial charge in [-0.3, -0.25) is 9.59 Å². The number of nitrogens with one attached hydrogen (secondary N) is 1. The van der Waals surface area contributed by atoms with Crippen LogP contribution >= 0.6 is 22.9 Å². The summed E-state index contributed by atoms with van der Waals surface area (Å²) < 4.78 is 0. The van der Waals surface area contributed by atoms with Gasteiger partial charge in [-0.1, -0.05) is 17.7 Å². The zero-order valence-corrected chi connectivity index (χ0v) is 13.7. The number of rotatable bonds is 5. The minimum atomic E-state index is -0.664. The Bertz CT molecular complexity index is 646. The lowest BCUT2D eigenvalue weighted by Gasteiger charge is -2.19. The molecule has 22 heavy (non-hydrogen) atoms. The van der Waals surface area contributed by atoms with Crippen LogP contribution in [-0.2, 0) is 16.0 Å². The van der Waals surface area contributed by atoms with E-state index < -0.39 is 11.8 Å². The quantitative estimate of drug-likeness (QED) is 0.853. The molecule has 1 aromatic carbocycles. The molecule has 0 unspecified atom stereocenters. The van der Waals surface area contributed by atoms with Gasteiger partial charge in [-0.15, -0.1) is 11.3 Å². The molecule has 0 bridgehead atoms. The van der Waals surface area contributed by atoms with Gasteiger partial charge in [-0.25, -0.2) is 4.98 Å². The van der Waals surface area contributed by atoms with Crippen LogP contribution in [0.15, 0.2) is 35.8 Å². The highest BCUT2D eigenvalue weighted by molar-refractivity contribution is 7.09. The zero-order valence-electron chi connectivity index (χ0n) is 12.1. The third kappa shape index (κ3) is 4.54. The molecule has 7 heteroatoms. The van der Waals surface area contributed by atoms with Crippen molar-refractivity contribution in [3.63, 3.8) is 0 Å². The third-order valence-electron chi connectivity index (χ3n) is 3.02. The van der Waals surface area contributed by atoms with Crippen LogP contribution in [-0.4, -0.2) is 34.8 Å². The Morgan fingerprint density at radius 2 is 2.23 bits per heavy atom. The summed E-state index contributed by atoms with van der Waals surface area (Å²) in [7, 11) is 0. The molecule has 116 valence electrons. The predicted octanol–water partition coefficient (Wildman–Crippen LogP) is 2.83. The standard InChI is InChI=1S/C15H16ClN3O2S/c1-2-19(8-6-13-17-7-9-22-13)15(21)14(20)18-12-5-3-4-11(16)10-12/h3-5,7,9-10H,2,6,8H2,1H3,(H,18,20). The number of amides is 2.